The van der Waals surface area contributed by atoms with Crippen molar-refractivity contribution in [2.75, 3.05) is 5.32 Å². The highest BCUT2D eigenvalue weighted by molar-refractivity contribution is 5.76. The molecular formula is C21H23FN4O2. The van der Waals surface area contributed by atoms with Gasteiger partial charge in [-0.2, -0.15) is 4.98 Å². The molecule has 2 aromatic heterocycles. The summed E-state index contributed by atoms with van der Waals surface area (Å²) >= 11 is 0. The molecule has 1 aromatic carbocycles. The molecule has 3 rings (SSSR count). The molecule has 0 aliphatic carbocycles. The van der Waals surface area contributed by atoms with Crippen molar-refractivity contribution in [3.05, 3.63) is 63.8 Å². The number of anilines is 1. The number of nitrogens with one attached hydrogen (secondary N) is 1. The molecular weight excluding hydrogens is 359 g/mol. The number of aldehydes is 1. The minimum atomic E-state index is -0.570. The molecule has 0 bridgehead atoms. The third-order valence-corrected chi connectivity index (χ3v) is 4.35. The van der Waals surface area contributed by atoms with E-state index in [0.29, 0.717) is 30.0 Å². The second-order valence-electron chi connectivity index (χ2n) is 8.06. The molecule has 1 atom stereocenters. The summed E-state index contributed by atoms with van der Waals surface area (Å²) in [5.41, 5.74) is 1.01. The average molecular weight is 382 g/mol. The van der Waals surface area contributed by atoms with Gasteiger partial charge in [0.15, 0.2) is 6.29 Å². The van der Waals surface area contributed by atoms with Gasteiger partial charge in [0.2, 0.25) is 5.95 Å². The van der Waals surface area contributed by atoms with Crippen LogP contribution in [0.2, 0.25) is 0 Å². The number of benzene rings is 1. The number of halogens is 1. The van der Waals surface area contributed by atoms with Crippen molar-refractivity contribution in [2.24, 2.45) is 5.41 Å². The summed E-state index contributed by atoms with van der Waals surface area (Å²) in [4.78, 5) is 32.0. The van der Waals surface area contributed by atoms with Crippen LogP contribution in [0.1, 0.15) is 49.7 Å². The Hall–Kier alpha value is -3.09. The van der Waals surface area contributed by atoms with E-state index in [1.54, 1.807) is 22.9 Å². The Kier molecular flexibility index (Phi) is 5.27. The Morgan fingerprint density at radius 3 is 2.64 bits per heavy atom. The molecule has 0 unspecified atom stereocenters. The van der Waals surface area contributed by atoms with Gasteiger partial charge in [-0.1, -0.05) is 26.8 Å². The van der Waals surface area contributed by atoms with Gasteiger partial charge in [0, 0.05) is 24.2 Å². The van der Waals surface area contributed by atoms with Gasteiger partial charge in [-0.15, -0.1) is 0 Å². The van der Waals surface area contributed by atoms with Crippen LogP contribution in [0.4, 0.5) is 10.3 Å². The standard InChI is InChI=1S/C21H23FN4O2/c1-13(14-5-6-16(11-27)17(22)9-14)24-20-23-10-15-7-8-18(28)26(19(15)25-20)12-21(2,3)4/h5-11,13H,12H2,1-4H3,(H,23,24,25)/t13-/m0/s1. The van der Waals surface area contributed by atoms with E-state index in [2.05, 4.69) is 36.1 Å². The summed E-state index contributed by atoms with van der Waals surface area (Å²) in [6.07, 6.45) is 2.14. The van der Waals surface area contributed by atoms with Gasteiger partial charge in [0.25, 0.3) is 5.56 Å². The van der Waals surface area contributed by atoms with Crippen molar-refractivity contribution in [3.8, 4) is 0 Å². The predicted molar refractivity (Wildman–Crippen MR) is 107 cm³/mol. The first-order chi connectivity index (χ1) is 13.2. The topological polar surface area (TPSA) is 76.9 Å². The number of rotatable bonds is 5. The van der Waals surface area contributed by atoms with Crippen molar-refractivity contribution in [2.45, 2.75) is 40.3 Å². The number of fused-ring (bicyclic) bond motifs is 1. The molecule has 2 heterocycles. The number of carbonyl (C=O) groups is 1. The summed E-state index contributed by atoms with van der Waals surface area (Å²) in [7, 11) is 0. The van der Waals surface area contributed by atoms with Crippen LogP contribution in [0.15, 0.2) is 41.3 Å². The Morgan fingerprint density at radius 1 is 1.25 bits per heavy atom. The van der Waals surface area contributed by atoms with Gasteiger partial charge in [-0.05, 0) is 36.1 Å². The number of nitrogens with zero attached hydrogens (tertiary/aromatic N) is 3. The van der Waals surface area contributed by atoms with Crippen LogP contribution in [-0.4, -0.2) is 20.8 Å². The minimum absolute atomic E-state index is 0.0177. The van der Waals surface area contributed by atoms with Crippen molar-refractivity contribution >= 4 is 23.3 Å². The number of aromatic nitrogens is 3. The molecule has 0 spiro atoms. The van der Waals surface area contributed by atoms with Gasteiger partial charge in [0.05, 0.1) is 11.6 Å². The van der Waals surface area contributed by atoms with E-state index in [4.69, 9.17) is 0 Å². The maximum absolute atomic E-state index is 13.9. The molecule has 1 N–H and O–H groups in total. The third kappa shape index (κ3) is 4.24. The summed E-state index contributed by atoms with van der Waals surface area (Å²) in [6, 6.07) is 7.37. The zero-order valence-electron chi connectivity index (χ0n) is 16.4. The Bertz CT molecular complexity index is 1090. The maximum atomic E-state index is 13.9. The fourth-order valence-electron chi connectivity index (χ4n) is 2.95. The van der Waals surface area contributed by atoms with Crippen molar-refractivity contribution in [1.29, 1.82) is 0 Å². The summed E-state index contributed by atoms with van der Waals surface area (Å²) in [5, 5.41) is 3.90. The maximum Gasteiger partial charge on any atom is 0.252 e. The molecule has 146 valence electrons. The van der Waals surface area contributed by atoms with Crippen LogP contribution in [0.3, 0.4) is 0 Å². The summed E-state index contributed by atoms with van der Waals surface area (Å²) in [6.45, 7) is 8.53. The van der Waals surface area contributed by atoms with E-state index in [0.717, 1.165) is 5.39 Å². The van der Waals surface area contributed by atoms with E-state index >= 15 is 0 Å². The SMILES string of the molecule is C[C@H](Nc1ncc2ccc(=O)n(CC(C)(C)C)c2n1)c1ccc(C=O)c(F)c1. The lowest BCUT2D eigenvalue weighted by Crippen LogP contribution is -2.27. The smallest absolute Gasteiger partial charge is 0.252 e. The number of hydrogen-bond donors (Lipinski definition) is 1. The summed E-state index contributed by atoms with van der Waals surface area (Å²) < 4.78 is 15.5. The first-order valence-corrected chi connectivity index (χ1v) is 9.06. The van der Waals surface area contributed by atoms with Crippen molar-refractivity contribution in [3.63, 3.8) is 0 Å². The lowest BCUT2D eigenvalue weighted by molar-refractivity contribution is 0.112. The second-order valence-corrected chi connectivity index (χ2v) is 8.06. The highest BCUT2D eigenvalue weighted by atomic mass is 19.1. The van der Waals surface area contributed by atoms with Crippen LogP contribution < -0.4 is 10.9 Å². The quantitative estimate of drug-likeness (QED) is 0.676. The monoisotopic (exact) mass is 382 g/mol. The second kappa shape index (κ2) is 7.50. The average Bonchev–Trinajstić information content (AvgIpc) is 2.63. The van der Waals surface area contributed by atoms with E-state index in [1.165, 1.54) is 18.2 Å². The molecule has 28 heavy (non-hydrogen) atoms. The molecule has 0 saturated heterocycles. The van der Waals surface area contributed by atoms with Gasteiger partial charge in [-0.25, -0.2) is 9.37 Å². The van der Waals surface area contributed by atoms with Gasteiger partial charge in [-0.3, -0.25) is 14.2 Å². The number of carbonyl (C=O) groups excluding carboxylic acids is 1. The molecule has 3 aromatic rings. The van der Waals surface area contributed by atoms with E-state index in [9.17, 15) is 14.0 Å². The van der Waals surface area contributed by atoms with E-state index in [1.807, 2.05) is 6.92 Å². The highest BCUT2D eigenvalue weighted by Gasteiger charge is 2.16. The van der Waals surface area contributed by atoms with Gasteiger partial charge < -0.3 is 5.32 Å². The summed E-state index contributed by atoms with van der Waals surface area (Å²) in [5.74, 6) is -0.229. The van der Waals surface area contributed by atoms with Crippen molar-refractivity contribution < 1.29 is 9.18 Å². The third-order valence-electron chi connectivity index (χ3n) is 4.35. The Morgan fingerprint density at radius 2 is 2.00 bits per heavy atom. The Balaban J connectivity index is 1.95. The van der Waals surface area contributed by atoms with Crippen LogP contribution in [-0.2, 0) is 6.54 Å². The first kappa shape index (κ1) is 19.7. The molecule has 0 amide bonds. The van der Waals surface area contributed by atoms with E-state index in [-0.39, 0.29) is 22.6 Å². The van der Waals surface area contributed by atoms with Crippen LogP contribution in [0.25, 0.3) is 11.0 Å². The molecule has 0 aliphatic heterocycles. The molecule has 0 radical (unpaired) electrons. The normalized spacial score (nSPS) is 12.8. The first-order valence-electron chi connectivity index (χ1n) is 9.06. The van der Waals surface area contributed by atoms with Gasteiger partial charge >= 0.3 is 0 Å². The largest absolute Gasteiger partial charge is 0.348 e. The fourth-order valence-corrected chi connectivity index (χ4v) is 2.95. The minimum Gasteiger partial charge on any atom is -0.348 e. The molecule has 0 saturated carbocycles. The van der Waals surface area contributed by atoms with Crippen LogP contribution in [0, 0.1) is 11.2 Å². The van der Waals surface area contributed by atoms with Crippen LogP contribution in [0.5, 0.6) is 0 Å². The zero-order valence-corrected chi connectivity index (χ0v) is 16.4. The fraction of sp³-hybridized carbons (Fsp3) is 0.333. The number of hydrogen-bond acceptors (Lipinski definition) is 5. The molecule has 0 aliphatic rings. The zero-order chi connectivity index (χ0) is 20.5. The molecule has 0 fully saturated rings. The molecule has 7 heteroatoms. The van der Waals surface area contributed by atoms with Gasteiger partial charge in [0.1, 0.15) is 11.5 Å². The predicted octanol–water partition coefficient (Wildman–Crippen LogP) is 3.96. The number of pyridine rings is 1. The van der Waals surface area contributed by atoms with E-state index < -0.39 is 5.82 Å². The lowest BCUT2D eigenvalue weighted by Gasteiger charge is -2.21. The Labute approximate surface area is 162 Å². The van der Waals surface area contributed by atoms with Crippen LogP contribution >= 0.6 is 0 Å². The highest BCUT2D eigenvalue weighted by Crippen LogP contribution is 2.22. The lowest BCUT2D eigenvalue weighted by atomic mass is 9.97. The molecule has 6 nitrogen and oxygen atoms in total. The van der Waals surface area contributed by atoms with Crippen molar-refractivity contribution in [1.82, 2.24) is 14.5 Å².